The van der Waals surface area contributed by atoms with Gasteiger partial charge >= 0.3 is 0 Å². The third kappa shape index (κ3) is 10.0. The van der Waals surface area contributed by atoms with Crippen LogP contribution in [0.25, 0.3) is 0 Å². The monoisotopic (exact) mass is 501 g/mol. The summed E-state index contributed by atoms with van der Waals surface area (Å²) < 4.78 is 38.1. The molecule has 0 aliphatic heterocycles. The molecule has 0 spiro atoms. The molecule has 0 atom stereocenters. The lowest BCUT2D eigenvalue weighted by molar-refractivity contribution is 0.154. The lowest BCUT2D eigenvalue weighted by Crippen LogP contribution is -2.33. The number of hydrogen-bond acceptors (Lipinski definition) is 6. The number of nitrogens with one attached hydrogen (secondary N) is 2. The minimum absolute atomic E-state index is 0. The van der Waals surface area contributed by atoms with Gasteiger partial charge in [-0.2, -0.15) is 0 Å². The van der Waals surface area contributed by atoms with Crippen LogP contribution in [0.1, 0.15) is 6.92 Å². The average Bonchev–Trinajstić information content (AvgIpc) is 2.56. The van der Waals surface area contributed by atoms with Gasteiger partial charge in [0.2, 0.25) is 0 Å². The van der Waals surface area contributed by atoms with E-state index in [9.17, 15) is 8.42 Å². The molecule has 2 N–H and O–H groups in total. The zero-order valence-electron chi connectivity index (χ0n) is 15.6. The Bertz CT molecular complexity index is 668. The van der Waals surface area contributed by atoms with Crippen LogP contribution in [0.3, 0.4) is 0 Å². The first-order valence-electron chi connectivity index (χ1n) is 7.93. The first-order valence-corrected chi connectivity index (χ1v) is 9.99. The van der Waals surface area contributed by atoms with E-state index in [1.165, 1.54) is 6.26 Å². The molecule has 0 radical (unpaired) electrons. The second-order valence-electron chi connectivity index (χ2n) is 5.16. The molecule has 0 heterocycles. The van der Waals surface area contributed by atoms with Gasteiger partial charge in [-0.3, -0.25) is 4.99 Å². The molecule has 0 amide bonds. The summed E-state index contributed by atoms with van der Waals surface area (Å²) in [6.45, 7) is 3.51. The van der Waals surface area contributed by atoms with Gasteiger partial charge in [-0.1, -0.05) is 0 Å². The first kappa shape index (κ1) is 24.7. The van der Waals surface area contributed by atoms with E-state index in [2.05, 4.69) is 15.6 Å². The molecule has 0 aromatic heterocycles. The number of rotatable bonds is 10. The second-order valence-corrected chi connectivity index (χ2v) is 7.42. The quantitative estimate of drug-likeness (QED) is 0.218. The van der Waals surface area contributed by atoms with Gasteiger partial charge < -0.3 is 24.8 Å². The van der Waals surface area contributed by atoms with Crippen LogP contribution in [0.15, 0.2) is 23.2 Å². The normalized spacial score (nSPS) is 11.5. The number of sulfone groups is 1. The number of halogens is 1. The molecule has 1 aromatic carbocycles. The maximum atomic E-state index is 11.0. The van der Waals surface area contributed by atoms with Crippen molar-refractivity contribution in [3.05, 3.63) is 18.2 Å². The van der Waals surface area contributed by atoms with Crippen LogP contribution in [0.4, 0.5) is 5.69 Å². The molecule has 150 valence electrons. The number of benzene rings is 1. The van der Waals surface area contributed by atoms with Gasteiger partial charge in [-0.15, -0.1) is 24.0 Å². The van der Waals surface area contributed by atoms with Gasteiger partial charge in [0.05, 0.1) is 32.7 Å². The Hall–Kier alpha value is -1.27. The van der Waals surface area contributed by atoms with Gasteiger partial charge in [0, 0.05) is 31.6 Å². The highest BCUT2D eigenvalue weighted by molar-refractivity contribution is 14.0. The van der Waals surface area contributed by atoms with E-state index < -0.39 is 9.84 Å². The molecule has 0 fully saturated rings. The van der Waals surface area contributed by atoms with Crippen molar-refractivity contribution >= 4 is 45.5 Å². The lowest BCUT2D eigenvalue weighted by atomic mass is 10.2. The molecule has 10 heteroatoms. The smallest absolute Gasteiger partial charge is 0.195 e. The summed E-state index contributed by atoms with van der Waals surface area (Å²) in [5.74, 6) is 1.90. The highest BCUT2D eigenvalue weighted by Crippen LogP contribution is 2.30. The average molecular weight is 501 g/mol. The van der Waals surface area contributed by atoms with E-state index >= 15 is 0 Å². The van der Waals surface area contributed by atoms with Gasteiger partial charge in [-0.25, -0.2) is 8.42 Å². The van der Waals surface area contributed by atoms with Crippen molar-refractivity contribution < 1.29 is 22.6 Å². The van der Waals surface area contributed by atoms with Crippen molar-refractivity contribution in [1.82, 2.24) is 5.32 Å². The molecule has 0 saturated heterocycles. The first-order chi connectivity index (χ1) is 11.9. The standard InChI is InChI=1S/C16H27N3O5S.HI/c1-5-24-15-12-13(6-7-14(15)22-3)19-16(17-2)18-8-9-23-10-11-25(4,20)21;/h6-7,12H,5,8-11H2,1-4H3,(H2,17,18,19);1H. The maximum Gasteiger partial charge on any atom is 0.195 e. The maximum absolute atomic E-state index is 11.0. The lowest BCUT2D eigenvalue weighted by Gasteiger charge is -2.14. The Morgan fingerprint density at radius 1 is 1.23 bits per heavy atom. The third-order valence-corrected chi connectivity index (χ3v) is 4.00. The van der Waals surface area contributed by atoms with Gasteiger partial charge in [0.1, 0.15) is 9.84 Å². The molecule has 0 bridgehead atoms. The molecule has 0 aliphatic carbocycles. The SMILES string of the molecule is CCOc1cc(NC(=NC)NCCOCCS(C)(=O)=O)ccc1OC.I. The fraction of sp³-hybridized carbons (Fsp3) is 0.562. The van der Waals surface area contributed by atoms with Gasteiger partial charge in [0.15, 0.2) is 17.5 Å². The van der Waals surface area contributed by atoms with Crippen LogP contribution in [0, 0.1) is 0 Å². The van der Waals surface area contributed by atoms with Crippen molar-refractivity contribution in [3.8, 4) is 11.5 Å². The number of aliphatic imine (C=N–C) groups is 1. The molecular formula is C16H28IN3O5S. The molecule has 1 rings (SSSR count). The summed E-state index contributed by atoms with van der Waals surface area (Å²) in [5.41, 5.74) is 0.801. The van der Waals surface area contributed by atoms with Crippen LogP contribution in [-0.2, 0) is 14.6 Å². The van der Waals surface area contributed by atoms with Crippen molar-refractivity contribution in [1.29, 1.82) is 0 Å². The Morgan fingerprint density at radius 2 is 1.96 bits per heavy atom. The van der Waals surface area contributed by atoms with Gasteiger partial charge in [0.25, 0.3) is 0 Å². The fourth-order valence-electron chi connectivity index (χ4n) is 1.89. The van der Waals surface area contributed by atoms with Crippen LogP contribution in [0.2, 0.25) is 0 Å². The predicted molar refractivity (Wildman–Crippen MR) is 115 cm³/mol. The van der Waals surface area contributed by atoms with Crippen molar-refractivity contribution in [2.75, 3.05) is 57.8 Å². The van der Waals surface area contributed by atoms with E-state index in [-0.39, 0.29) is 36.3 Å². The van der Waals surface area contributed by atoms with Gasteiger partial charge in [-0.05, 0) is 19.1 Å². The van der Waals surface area contributed by atoms with Crippen LogP contribution in [0.5, 0.6) is 11.5 Å². The Kier molecular flexibility index (Phi) is 12.3. The number of methoxy groups -OCH3 is 1. The van der Waals surface area contributed by atoms with E-state index in [0.717, 1.165) is 5.69 Å². The second kappa shape index (κ2) is 13.0. The highest BCUT2D eigenvalue weighted by atomic mass is 127. The summed E-state index contributed by atoms with van der Waals surface area (Å²) in [4.78, 5) is 4.13. The van der Waals surface area contributed by atoms with Crippen molar-refractivity contribution in [2.45, 2.75) is 6.92 Å². The van der Waals surface area contributed by atoms with Crippen molar-refractivity contribution in [2.24, 2.45) is 4.99 Å². The molecule has 8 nitrogen and oxygen atoms in total. The van der Waals surface area contributed by atoms with Crippen molar-refractivity contribution in [3.63, 3.8) is 0 Å². The molecule has 26 heavy (non-hydrogen) atoms. The number of anilines is 1. The summed E-state index contributed by atoms with van der Waals surface area (Å²) in [6, 6.07) is 5.50. The topological polar surface area (TPSA) is 98.2 Å². The number of nitrogens with zero attached hydrogens (tertiary/aromatic N) is 1. The summed E-state index contributed by atoms with van der Waals surface area (Å²) in [6.07, 6.45) is 1.19. The van der Waals surface area contributed by atoms with Crippen LogP contribution < -0.4 is 20.1 Å². The summed E-state index contributed by atoms with van der Waals surface area (Å²) in [7, 11) is 0.261. The largest absolute Gasteiger partial charge is 0.493 e. The predicted octanol–water partition coefficient (Wildman–Crippen LogP) is 1.76. The Labute approximate surface area is 172 Å². The van der Waals surface area contributed by atoms with E-state index in [1.54, 1.807) is 14.2 Å². The van der Waals surface area contributed by atoms with Crippen LogP contribution >= 0.6 is 24.0 Å². The minimum Gasteiger partial charge on any atom is -0.493 e. The number of hydrogen-bond donors (Lipinski definition) is 2. The minimum atomic E-state index is -2.99. The Morgan fingerprint density at radius 3 is 2.54 bits per heavy atom. The molecule has 0 unspecified atom stereocenters. The molecule has 1 aromatic rings. The summed E-state index contributed by atoms with van der Waals surface area (Å²) in [5, 5.41) is 6.23. The highest BCUT2D eigenvalue weighted by Gasteiger charge is 2.07. The number of ether oxygens (including phenoxy) is 3. The molecular weight excluding hydrogens is 473 g/mol. The van der Waals surface area contributed by atoms with Crippen LogP contribution in [-0.4, -0.2) is 66.9 Å². The third-order valence-electron chi connectivity index (χ3n) is 3.09. The Balaban J connectivity index is 0.00000625. The summed E-state index contributed by atoms with van der Waals surface area (Å²) >= 11 is 0. The fourth-order valence-corrected chi connectivity index (χ4v) is 2.31. The van der Waals surface area contributed by atoms with E-state index in [4.69, 9.17) is 14.2 Å². The zero-order chi connectivity index (χ0) is 18.7. The number of guanidine groups is 1. The van der Waals surface area contributed by atoms with E-state index in [0.29, 0.717) is 37.2 Å². The van der Waals surface area contributed by atoms with E-state index in [1.807, 2.05) is 25.1 Å². The molecule has 0 saturated carbocycles. The molecule has 0 aliphatic rings. The zero-order valence-corrected chi connectivity index (χ0v) is 18.7.